The minimum absolute atomic E-state index is 0.403. The van der Waals surface area contributed by atoms with Crippen molar-refractivity contribution in [1.29, 1.82) is 0 Å². The molecule has 0 radical (unpaired) electrons. The summed E-state index contributed by atoms with van der Waals surface area (Å²) in [5, 5.41) is 0. The van der Waals surface area contributed by atoms with E-state index in [0.29, 0.717) is 12.5 Å². The summed E-state index contributed by atoms with van der Waals surface area (Å²) >= 11 is 0. The summed E-state index contributed by atoms with van der Waals surface area (Å²) in [5.74, 6) is 7.84. The van der Waals surface area contributed by atoms with Gasteiger partial charge in [-0.25, -0.2) is 4.98 Å². The largest absolute Gasteiger partial charge is 0.399 e. The lowest BCUT2D eigenvalue weighted by Crippen LogP contribution is -2.10. The molecule has 0 atom stereocenters. The van der Waals surface area contributed by atoms with Gasteiger partial charge < -0.3 is 10.3 Å². The van der Waals surface area contributed by atoms with E-state index in [1.165, 1.54) is 0 Å². The number of nitrogen functional groups attached to an aromatic ring is 1. The van der Waals surface area contributed by atoms with E-state index in [0.717, 1.165) is 34.9 Å². The van der Waals surface area contributed by atoms with Gasteiger partial charge in [-0.05, 0) is 30.3 Å². The maximum Gasteiger partial charge on any atom is 0.111 e. The molecular formula is C19H20N4. The smallest absolute Gasteiger partial charge is 0.111 e. The van der Waals surface area contributed by atoms with Crippen LogP contribution in [0.2, 0.25) is 0 Å². The van der Waals surface area contributed by atoms with Gasteiger partial charge in [0.1, 0.15) is 5.82 Å². The number of imidazole rings is 1. The van der Waals surface area contributed by atoms with Crippen LogP contribution in [0.25, 0.3) is 0 Å². The Morgan fingerprint density at radius 2 is 2.00 bits per heavy atom. The Labute approximate surface area is 136 Å². The van der Waals surface area contributed by atoms with Gasteiger partial charge in [0.2, 0.25) is 0 Å². The van der Waals surface area contributed by atoms with Crippen LogP contribution in [0.4, 0.5) is 5.69 Å². The van der Waals surface area contributed by atoms with Gasteiger partial charge in [-0.15, -0.1) is 0 Å². The van der Waals surface area contributed by atoms with Crippen LogP contribution in [0.3, 0.4) is 0 Å². The number of benzene rings is 1. The number of aromatic nitrogens is 2. The highest BCUT2D eigenvalue weighted by molar-refractivity contribution is 5.98. The first-order chi connectivity index (χ1) is 11.1. The quantitative estimate of drug-likeness (QED) is 0.700. The zero-order chi connectivity index (χ0) is 16.2. The molecule has 0 unspecified atom stereocenters. The summed E-state index contributed by atoms with van der Waals surface area (Å²) < 4.78 is 2.15. The number of rotatable bonds is 3. The number of anilines is 1. The van der Waals surface area contributed by atoms with Crippen molar-refractivity contribution in [1.82, 2.24) is 9.55 Å². The normalized spacial score (nSPS) is 13.5. The highest BCUT2D eigenvalue weighted by Gasteiger charge is 2.11. The molecule has 0 amide bonds. The highest BCUT2D eigenvalue weighted by Crippen LogP contribution is 2.14. The Morgan fingerprint density at radius 1 is 1.22 bits per heavy atom. The third-order valence-corrected chi connectivity index (χ3v) is 3.67. The van der Waals surface area contributed by atoms with Crippen molar-refractivity contribution in [2.75, 3.05) is 12.3 Å². The molecule has 0 aliphatic carbocycles. The topological polar surface area (TPSA) is 56.2 Å². The Hall–Kier alpha value is -2.80. The molecule has 1 aromatic carbocycles. The van der Waals surface area contributed by atoms with E-state index in [2.05, 4.69) is 46.3 Å². The molecule has 4 heteroatoms. The Balaban J connectivity index is 1.69. The van der Waals surface area contributed by atoms with Crippen molar-refractivity contribution in [2.24, 2.45) is 4.99 Å². The number of nitrogens with two attached hydrogens (primary N) is 1. The monoisotopic (exact) mass is 304 g/mol. The van der Waals surface area contributed by atoms with E-state index in [9.17, 15) is 0 Å². The van der Waals surface area contributed by atoms with Gasteiger partial charge in [0, 0.05) is 35.1 Å². The zero-order valence-electron chi connectivity index (χ0n) is 13.5. The minimum Gasteiger partial charge on any atom is -0.399 e. The second-order valence-electron chi connectivity index (χ2n) is 5.92. The third kappa shape index (κ3) is 3.70. The third-order valence-electron chi connectivity index (χ3n) is 3.67. The van der Waals surface area contributed by atoms with Gasteiger partial charge in [-0.2, -0.15) is 0 Å². The molecule has 1 aliphatic heterocycles. The van der Waals surface area contributed by atoms with E-state index in [-0.39, 0.29) is 0 Å². The average molecular weight is 304 g/mol. The average Bonchev–Trinajstić information content (AvgIpc) is 3.16. The zero-order valence-corrected chi connectivity index (χ0v) is 13.5. The Kier molecular flexibility index (Phi) is 4.29. The maximum atomic E-state index is 5.68. The maximum absolute atomic E-state index is 5.68. The van der Waals surface area contributed by atoms with E-state index in [1.54, 1.807) is 0 Å². The first kappa shape index (κ1) is 15.1. The number of hydrogen-bond acceptors (Lipinski definition) is 3. The molecule has 0 spiro atoms. The standard InChI is InChI=1S/C19H20N4/c1-14(2)19-21-9-10-23(19)13-18-11-16(12-22-18)4-3-15-5-7-17(20)8-6-15/h5-11,14H,12-13,20H2,1-2H3. The summed E-state index contributed by atoms with van der Waals surface area (Å²) in [6, 6.07) is 7.59. The van der Waals surface area contributed by atoms with Gasteiger partial charge in [0.15, 0.2) is 0 Å². The highest BCUT2D eigenvalue weighted by atomic mass is 15.1. The van der Waals surface area contributed by atoms with E-state index in [1.807, 2.05) is 36.7 Å². The van der Waals surface area contributed by atoms with Crippen LogP contribution in [-0.4, -0.2) is 21.8 Å². The molecule has 4 nitrogen and oxygen atoms in total. The predicted octanol–water partition coefficient (Wildman–Crippen LogP) is 3.02. The summed E-state index contributed by atoms with van der Waals surface area (Å²) in [6.45, 7) is 5.70. The van der Waals surface area contributed by atoms with Crippen molar-refractivity contribution in [3.63, 3.8) is 0 Å². The number of allylic oxidation sites excluding steroid dienone is 1. The van der Waals surface area contributed by atoms with E-state index >= 15 is 0 Å². The van der Waals surface area contributed by atoms with Crippen LogP contribution >= 0.6 is 0 Å². The van der Waals surface area contributed by atoms with Crippen LogP contribution in [0.15, 0.2) is 53.3 Å². The molecule has 1 aromatic heterocycles. The first-order valence-electron chi connectivity index (χ1n) is 7.74. The molecule has 3 rings (SSSR count). The fraction of sp³-hybridized carbons (Fsp3) is 0.263. The molecule has 1 aliphatic rings. The number of hydrogen-bond donors (Lipinski definition) is 1. The number of aliphatic imine (C=N–C) groups is 1. The fourth-order valence-electron chi connectivity index (χ4n) is 2.50. The van der Waals surface area contributed by atoms with Crippen LogP contribution < -0.4 is 5.73 Å². The van der Waals surface area contributed by atoms with Crippen LogP contribution in [0.1, 0.15) is 31.2 Å². The molecule has 0 saturated heterocycles. The second-order valence-corrected chi connectivity index (χ2v) is 5.92. The van der Waals surface area contributed by atoms with Gasteiger partial charge in [-0.1, -0.05) is 25.7 Å². The summed E-state index contributed by atoms with van der Waals surface area (Å²) in [6.07, 6.45) is 5.93. The lowest BCUT2D eigenvalue weighted by atomic mass is 10.2. The molecule has 0 bridgehead atoms. The molecule has 2 heterocycles. The van der Waals surface area contributed by atoms with Crippen molar-refractivity contribution in [3.8, 4) is 11.8 Å². The van der Waals surface area contributed by atoms with Crippen LogP contribution in [0, 0.1) is 11.8 Å². The lowest BCUT2D eigenvalue weighted by molar-refractivity contribution is 0.691. The predicted molar refractivity (Wildman–Crippen MR) is 94.4 cm³/mol. The van der Waals surface area contributed by atoms with Crippen molar-refractivity contribution in [2.45, 2.75) is 26.3 Å². The molecule has 0 fully saturated rings. The van der Waals surface area contributed by atoms with E-state index < -0.39 is 0 Å². The SMILES string of the molecule is CC(C)c1nccn1CC1=NCC(C#Cc2ccc(N)cc2)=C1. The van der Waals surface area contributed by atoms with Crippen LogP contribution in [0.5, 0.6) is 0 Å². The summed E-state index contributed by atoms with van der Waals surface area (Å²) in [4.78, 5) is 8.98. The summed E-state index contributed by atoms with van der Waals surface area (Å²) in [5.41, 5.74) is 9.48. The molecule has 116 valence electrons. The van der Waals surface area contributed by atoms with E-state index in [4.69, 9.17) is 5.73 Å². The van der Waals surface area contributed by atoms with Gasteiger partial charge >= 0.3 is 0 Å². The van der Waals surface area contributed by atoms with Crippen molar-refractivity contribution < 1.29 is 0 Å². The van der Waals surface area contributed by atoms with Gasteiger partial charge in [0.25, 0.3) is 0 Å². The summed E-state index contributed by atoms with van der Waals surface area (Å²) in [7, 11) is 0. The lowest BCUT2D eigenvalue weighted by Gasteiger charge is -2.09. The van der Waals surface area contributed by atoms with Crippen LogP contribution in [-0.2, 0) is 6.54 Å². The van der Waals surface area contributed by atoms with Gasteiger partial charge in [-0.3, -0.25) is 4.99 Å². The molecule has 23 heavy (non-hydrogen) atoms. The van der Waals surface area contributed by atoms with Crippen molar-refractivity contribution in [3.05, 3.63) is 59.7 Å². The molecule has 2 N–H and O–H groups in total. The minimum atomic E-state index is 0.403. The first-order valence-corrected chi connectivity index (χ1v) is 7.74. The Morgan fingerprint density at radius 3 is 2.74 bits per heavy atom. The number of nitrogens with zero attached hydrogens (tertiary/aromatic N) is 3. The fourth-order valence-corrected chi connectivity index (χ4v) is 2.50. The Bertz CT molecular complexity index is 811. The molecule has 2 aromatic rings. The van der Waals surface area contributed by atoms with Gasteiger partial charge in [0.05, 0.1) is 18.8 Å². The molecule has 0 saturated carbocycles. The molecular weight excluding hydrogens is 284 g/mol. The second kappa shape index (κ2) is 6.53. The van der Waals surface area contributed by atoms with Crippen molar-refractivity contribution >= 4 is 11.4 Å².